The molecule has 2 aromatic rings. The molecule has 0 aromatic heterocycles. The molecule has 0 atom stereocenters. The fourth-order valence-electron chi connectivity index (χ4n) is 2.81. The van der Waals surface area contributed by atoms with E-state index < -0.39 is 35.2 Å². The smallest absolute Gasteiger partial charge is 0.337 e. The van der Waals surface area contributed by atoms with Gasteiger partial charge >= 0.3 is 5.97 Å². The normalized spacial score (nSPS) is 12.5. The number of hydrogen-bond donors (Lipinski definition) is 1. The molecule has 0 saturated heterocycles. The maximum atomic E-state index is 12.4. The molecule has 148 valence electrons. The Labute approximate surface area is 164 Å². The minimum Gasteiger partial charge on any atom is -0.465 e. The molecule has 0 spiro atoms. The van der Waals surface area contributed by atoms with Crippen molar-refractivity contribution in [3.05, 3.63) is 74.8 Å². The van der Waals surface area contributed by atoms with E-state index in [9.17, 15) is 29.3 Å². The number of benzene rings is 2. The highest BCUT2D eigenvalue weighted by molar-refractivity contribution is 6.22. The predicted molar refractivity (Wildman–Crippen MR) is 98.1 cm³/mol. The maximum Gasteiger partial charge on any atom is 0.337 e. The molecule has 0 aliphatic carbocycles. The number of imide groups is 1. The molecular formula is C19H15N3O7. The number of carbonyl (C=O) groups is 4. The topological polar surface area (TPSA) is 136 Å². The molecule has 1 N–H and O–H groups in total. The van der Waals surface area contributed by atoms with Gasteiger partial charge in [-0.15, -0.1) is 0 Å². The highest BCUT2D eigenvalue weighted by atomic mass is 16.6. The van der Waals surface area contributed by atoms with Crippen LogP contribution in [0.3, 0.4) is 0 Å². The van der Waals surface area contributed by atoms with Crippen LogP contribution in [0.2, 0.25) is 0 Å². The Kier molecular flexibility index (Phi) is 5.35. The van der Waals surface area contributed by atoms with E-state index in [2.05, 4.69) is 10.1 Å². The molecule has 0 radical (unpaired) electrons. The second-order valence-corrected chi connectivity index (χ2v) is 6.15. The number of rotatable bonds is 6. The van der Waals surface area contributed by atoms with Crippen molar-refractivity contribution < 1.29 is 28.8 Å². The number of nitrogens with one attached hydrogen (secondary N) is 1. The largest absolute Gasteiger partial charge is 0.465 e. The Balaban J connectivity index is 1.62. The Morgan fingerprint density at radius 3 is 2.34 bits per heavy atom. The molecule has 3 amide bonds. The van der Waals surface area contributed by atoms with E-state index in [1.54, 1.807) is 24.3 Å². The summed E-state index contributed by atoms with van der Waals surface area (Å²) in [6, 6.07) is 9.71. The van der Waals surface area contributed by atoms with Gasteiger partial charge in [0.2, 0.25) is 5.91 Å². The quantitative estimate of drug-likeness (QED) is 0.336. The molecule has 1 aliphatic heterocycles. The van der Waals surface area contributed by atoms with Crippen LogP contribution in [0.15, 0.2) is 42.5 Å². The summed E-state index contributed by atoms with van der Waals surface area (Å²) in [5.41, 5.74) is 0.667. The van der Waals surface area contributed by atoms with Gasteiger partial charge in [-0.3, -0.25) is 29.4 Å². The van der Waals surface area contributed by atoms with Gasteiger partial charge in [0.05, 0.1) is 28.7 Å². The van der Waals surface area contributed by atoms with E-state index >= 15 is 0 Å². The van der Waals surface area contributed by atoms with Crippen molar-refractivity contribution in [3.8, 4) is 0 Å². The number of esters is 1. The molecule has 0 bridgehead atoms. The van der Waals surface area contributed by atoms with Crippen LogP contribution in [0.5, 0.6) is 0 Å². The monoisotopic (exact) mass is 397 g/mol. The average molecular weight is 397 g/mol. The van der Waals surface area contributed by atoms with Crippen molar-refractivity contribution in [2.75, 3.05) is 13.7 Å². The summed E-state index contributed by atoms with van der Waals surface area (Å²) < 4.78 is 4.60. The standard InChI is InChI=1S/C19H15N3O7/c1-29-19(26)12-4-2-11(3-5-12)9-20-16(23)10-21-17(24)14-7-6-13(22(27)28)8-15(14)18(21)25/h2-8H,9-10H2,1H3,(H,20,23). The first-order valence-corrected chi connectivity index (χ1v) is 8.40. The number of hydrogen-bond acceptors (Lipinski definition) is 7. The lowest BCUT2D eigenvalue weighted by Gasteiger charge is -2.13. The summed E-state index contributed by atoms with van der Waals surface area (Å²) in [6.45, 7) is -0.394. The Morgan fingerprint density at radius 2 is 1.72 bits per heavy atom. The van der Waals surface area contributed by atoms with Crippen LogP contribution in [0.4, 0.5) is 5.69 Å². The number of non-ortho nitro benzene ring substituents is 1. The summed E-state index contributed by atoms with van der Waals surface area (Å²) in [6.07, 6.45) is 0. The van der Waals surface area contributed by atoms with Crippen LogP contribution in [-0.4, -0.2) is 47.2 Å². The maximum absolute atomic E-state index is 12.4. The molecular weight excluding hydrogens is 382 g/mol. The van der Waals surface area contributed by atoms with Gasteiger partial charge in [-0.1, -0.05) is 12.1 Å². The lowest BCUT2D eigenvalue weighted by molar-refractivity contribution is -0.384. The summed E-state index contributed by atoms with van der Waals surface area (Å²) in [5, 5.41) is 13.4. The van der Waals surface area contributed by atoms with Crippen LogP contribution >= 0.6 is 0 Å². The van der Waals surface area contributed by atoms with Gasteiger partial charge in [-0.25, -0.2) is 4.79 Å². The predicted octanol–water partition coefficient (Wildman–Crippen LogP) is 1.29. The van der Waals surface area contributed by atoms with Gasteiger partial charge in [0.1, 0.15) is 6.54 Å². The number of methoxy groups -OCH3 is 1. The SMILES string of the molecule is COC(=O)c1ccc(CNC(=O)CN2C(=O)c3ccc([N+](=O)[O-])cc3C2=O)cc1. The second kappa shape index (κ2) is 7.89. The number of carbonyl (C=O) groups excluding carboxylic acids is 4. The number of fused-ring (bicyclic) bond motifs is 1. The lowest BCUT2D eigenvalue weighted by atomic mass is 10.1. The third-order valence-corrected chi connectivity index (χ3v) is 4.33. The van der Waals surface area contributed by atoms with E-state index in [1.165, 1.54) is 13.2 Å². The zero-order chi connectivity index (χ0) is 21.1. The molecule has 0 fully saturated rings. The van der Waals surface area contributed by atoms with Crippen molar-refractivity contribution in [3.63, 3.8) is 0 Å². The minimum atomic E-state index is -0.758. The highest BCUT2D eigenvalue weighted by Crippen LogP contribution is 2.26. The van der Waals surface area contributed by atoms with Gasteiger partial charge in [0.15, 0.2) is 0 Å². The van der Waals surface area contributed by atoms with E-state index in [1.807, 2.05) is 0 Å². The highest BCUT2D eigenvalue weighted by Gasteiger charge is 2.37. The van der Waals surface area contributed by atoms with Gasteiger partial charge in [-0.05, 0) is 23.8 Å². The summed E-state index contributed by atoms with van der Waals surface area (Å²) in [7, 11) is 1.27. The van der Waals surface area contributed by atoms with E-state index in [0.717, 1.165) is 17.0 Å². The van der Waals surface area contributed by atoms with Crippen LogP contribution in [0.1, 0.15) is 36.6 Å². The zero-order valence-electron chi connectivity index (χ0n) is 15.2. The lowest BCUT2D eigenvalue weighted by Crippen LogP contribution is -2.40. The molecule has 1 aliphatic rings. The summed E-state index contributed by atoms with van der Waals surface area (Å²) >= 11 is 0. The fourth-order valence-corrected chi connectivity index (χ4v) is 2.81. The first-order valence-electron chi connectivity index (χ1n) is 8.40. The van der Waals surface area contributed by atoms with Gasteiger partial charge < -0.3 is 10.1 Å². The van der Waals surface area contributed by atoms with Crippen LogP contribution in [0, 0.1) is 10.1 Å². The van der Waals surface area contributed by atoms with Gasteiger partial charge in [-0.2, -0.15) is 0 Å². The molecule has 10 heteroatoms. The number of ether oxygens (including phenoxy) is 1. The van der Waals surface area contributed by atoms with Gasteiger partial charge in [0, 0.05) is 18.7 Å². The van der Waals surface area contributed by atoms with E-state index in [4.69, 9.17) is 0 Å². The van der Waals surface area contributed by atoms with Crippen molar-refractivity contribution >= 4 is 29.4 Å². The van der Waals surface area contributed by atoms with Crippen molar-refractivity contribution in [2.45, 2.75) is 6.54 Å². The van der Waals surface area contributed by atoms with Crippen molar-refractivity contribution in [1.29, 1.82) is 0 Å². The third kappa shape index (κ3) is 3.95. The number of nitro groups is 1. The van der Waals surface area contributed by atoms with Crippen LogP contribution in [0.25, 0.3) is 0 Å². The Bertz CT molecular complexity index is 1030. The number of nitrogens with zero attached hydrogens (tertiary/aromatic N) is 2. The fraction of sp³-hybridized carbons (Fsp3) is 0.158. The molecule has 3 rings (SSSR count). The molecule has 29 heavy (non-hydrogen) atoms. The molecule has 0 unspecified atom stereocenters. The summed E-state index contributed by atoms with van der Waals surface area (Å²) in [5.74, 6) is -2.50. The van der Waals surface area contributed by atoms with E-state index in [-0.39, 0.29) is 23.4 Å². The first kappa shape index (κ1) is 19.7. The van der Waals surface area contributed by atoms with Crippen LogP contribution < -0.4 is 5.32 Å². The van der Waals surface area contributed by atoms with E-state index in [0.29, 0.717) is 11.1 Å². The van der Waals surface area contributed by atoms with Gasteiger partial charge in [0.25, 0.3) is 17.5 Å². The second-order valence-electron chi connectivity index (χ2n) is 6.15. The average Bonchev–Trinajstić information content (AvgIpc) is 2.96. The molecule has 10 nitrogen and oxygen atoms in total. The third-order valence-electron chi connectivity index (χ3n) is 4.33. The number of nitro benzene ring substituents is 1. The Morgan fingerprint density at radius 1 is 1.07 bits per heavy atom. The first-order chi connectivity index (χ1) is 13.8. The van der Waals surface area contributed by atoms with Crippen LogP contribution in [-0.2, 0) is 16.1 Å². The molecule has 0 saturated carbocycles. The van der Waals surface area contributed by atoms with Crippen molar-refractivity contribution in [2.24, 2.45) is 0 Å². The minimum absolute atomic E-state index is 0.0202. The Hall–Kier alpha value is -4.08. The zero-order valence-corrected chi connectivity index (χ0v) is 15.2. The van der Waals surface area contributed by atoms with Crippen molar-refractivity contribution in [1.82, 2.24) is 10.2 Å². The summed E-state index contributed by atoms with van der Waals surface area (Å²) in [4.78, 5) is 59.2. The number of amides is 3. The molecule has 2 aromatic carbocycles. The molecule has 1 heterocycles.